The Bertz CT molecular complexity index is 1260. The lowest BCUT2D eigenvalue weighted by Crippen LogP contribution is -2.23. The quantitative estimate of drug-likeness (QED) is 0.421. The van der Waals surface area contributed by atoms with E-state index in [0.717, 1.165) is 36.4 Å². The molecule has 0 amide bonds. The van der Waals surface area contributed by atoms with Crippen LogP contribution in [0.25, 0.3) is 0 Å². The molecule has 0 aliphatic carbocycles. The van der Waals surface area contributed by atoms with Crippen LogP contribution in [0.15, 0.2) is 82.6 Å². The maximum Gasteiger partial charge on any atom is 0.416 e. The standard InChI is InChI=1S/C19H14F3O6PS2/c20-19(21,22)13-4-1-5-14(10-13)29(15-6-2-8-17(11-15)30(23,24)25)16-7-3-9-18(12-16)31(26,27)28/h1-12H,(H,23,24,25)(H,26,27,28). The highest BCUT2D eigenvalue weighted by Crippen LogP contribution is 2.36. The minimum Gasteiger partial charge on any atom is -0.282 e. The first-order valence-electron chi connectivity index (χ1n) is 8.39. The number of alkyl halides is 3. The molecule has 0 aliphatic rings. The summed E-state index contributed by atoms with van der Waals surface area (Å²) in [7, 11) is -11.1. The fourth-order valence-electron chi connectivity index (χ4n) is 2.83. The van der Waals surface area contributed by atoms with Crippen LogP contribution in [0.2, 0.25) is 0 Å². The van der Waals surface area contributed by atoms with Gasteiger partial charge in [-0.05, 0) is 60.2 Å². The van der Waals surface area contributed by atoms with E-state index >= 15 is 0 Å². The molecular formula is C19H14F3O6PS2. The first-order valence-corrected chi connectivity index (χ1v) is 12.6. The molecule has 0 aromatic heterocycles. The van der Waals surface area contributed by atoms with Gasteiger partial charge in [0.05, 0.1) is 15.4 Å². The van der Waals surface area contributed by atoms with Gasteiger partial charge in [0.15, 0.2) is 0 Å². The maximum atomic E-state index is 13.3. The van der Waals surface area contributed by atoms with Gasteiger partial charge in [-0.3, -0.25) is 9.11 Å². The van der Waals surface area contributed by atoms with Gasteiger partial charge in [-0.1, -0.05) is 36.4 Å². The van der Waals surface area contributed by atoms with Gasteiger partial charge in [0, 0.05) is 0 Å². The Morgan fingerprint density at radius 3 is 1.42 bits per heavy atom. The molecule has 0 saturated carbocycles. The third-order valence-corrected chi connectivity index (χ3v) is 8.26. The summed E-state index contributed by atoms with van der Waals surface area (Å²) in [5.41, 5.74) is -0.936. The van der Waals surface area contributed by atoms with Crippen molar-refractivity contribution >= 4 is 44.1 Å². The zero-order valence-electron chi connectivity index (χ0n) is 15.4. The second kappa shape index (κ2) is 8.33. The van der Waals surface area contributed by atoms with Crippen molar-refractivity contribution in [3.63, 3.8) is 0 Å². The summed E-state index contributed by atoms with van der Waals surface area (Å²) in [5.74, 6) is 0. The maximum absolute atomic E-state index is 13.3. The molecule has 3 rings (SSSR count). The number of hydrogen-bond acceptors (Lipinski definition) is 4. The minimum absolute atomic E-state index is 0.157. The van der Waals surface area contributed by atoms with Crippen molar-refractivity contribution < 1.29 is 39.1 Å². The molecular weight excluding hydrogens is 476 g/mol. The fraction of sp³-hybridized carbons (Fsp3) is 0.0526. The lowest BCUT2D eigenvalue weighted by Gasteiger charge is -2.21. The van der Waals surface area contributed by atoms with E-state index in [4.69, 9.17) is 0 Å². The molecule has 12 heteroatoms. The SMILES string of the molecule is O=S(=O)(O)c1cccc(P(c2cccc(C(F)(F)F)c2)c2cccc(S(=O)(=O)O)c2)c1. The topological polar surface area (TPSA) is 109 Å². The molecule has 2 N–H and O–H groups in total. The van der Waals surface area contributed by atoms with Crippen molar-refractivity contribution in [1.82, 2.24) is 0 Å². The van der Waals surface area contributed by atoms with E-state index in [1.165, 1.54) is 36.4 Å². The lowest BCUT2D eigenvalue weighted by atomic mass is 10.2. The van der Waals surface area contributed by atoms with E-state index in [1.54, 1.807) is 0 Å². The Morgan fingerprint density at radius 2 is 1.03 bits per heavy atom. The molecule has 0 radical (unpaired) electrons. The van der Waals surface area contributed by atoms with Crippen molar-refractivity contribution in [2.75, 3.05) is 0 Å². The van der Waals surface area contributed by atoms with Gasteiger partial charge in [-0.25, -0.2) is 0 Å². The van der Waals surface area contributed by atoms with E-state index in [-0.39, 0.29) is 15.9 Å². The van der Waals surface area contributed by atoms with Gasteiger partial charge in [0.1, 0.15) is 0 Å². The van der Waals surface area contributed by atoms with Gasteiger partial charge < -0.3 is 0 Å². The molecule has 0 aliphatic heterocycles. The third kappa shape index (κ3) is 5.50. The Balaban J connectivity index is 2.29. The summed E-state index contributed by atoms with van der Waals surface area (Å²) >= 11 is 0. The zero-order valence-corrected chi connectivity index (χ0v) is 17.9. The molecule has 0 saturated heterocycles. The third-order valence-electron chi connectivity index (χ3n) is 4.18. The van der Waals surface area contributed by atoms with Crippen LogP contribution in [0.4, 0.5) is 13.2 Å². The first kappa shape index (κ1) is 23.4. The van der Waals surface area contributed by atoms with Crippen LogP contribution in [-0.2, 0) is 26.4 Å². The van der Waals surface area contributed by atoms with Crippen molar-refractivity contribution in [2.45, 2.75) is 16.0 Å². The predicted octanol–water partition coefficient (Wildman–Crippen LogP) is 2.96. The van der Waals surface area contributed by atoms with E-state index < -0.39 is 49.7 Å². The van der Waals surface area contributed by atoms with Crippen molar-refractivity contribution in [3.05, 3.63) is 78.4 Å². The van der Waals surface area contributed by atoms with Crippen molar-refractivity contribution in [3.8, 4) is 0 Å². The van der Waals surface area contributed by atoms with Crippen LogP contribution in [0, 0.1) is 0 Å². The van der Waals surface area contributed by atoms with E-state index in [1.807, 2.05) is 0 Å². The molecule has 3 aromatic carbocycles. The van der Waals surface area contributed by atoms with E-state index in [2.05, 4.69) is 0 Å². The number of benzene rings is 3. The van der Waals surface area contributed by atoms with Gasteiger partial charge in [0.25, 0.3) is 20.2 Å². The van der Waals surface area contributed by atoms with Crippen molar-refractivity contribution in [2.24, 2.45) is 0 Å². The second-order valence-electron chi connectivity index (χ2n) is 6.33. The Kier molecular flexibility index (Phi) is 6.28. The first-order chi connectivity index (χ1) is 14.3. The highest BCUT2D eigenvalue weighted by Gasteiger charge is 2.31. The number of hydrogen-bond donors (Lipinski definition) is 2. The van der Waals surface area contributed by atoms with Gasteiger partial charge >= 0.3 is 6.18 Å². The van der Waals surface area contributed by atoms with Crippen molar-refractivity contribution in [1.29, 1.82) is 0 Å². The molecule has 164 valence electrons. The highest BCUT2D eigenvalue weighted by atomic mass is 32.2. The summed E-state index contributed by atoms with van der Waals surface area (Å²) < 4.78 is 105. The Hall–Kier alpha value is -2.30. The van der Waals surface area contributed by atoms with Crippen LogP contribution in [0.1, 0.15) is 5.56 Å². The summed E-state index contributed by atoms with van der Waals surface area (Å²) in [5, 5.41) is 0.652. The number of rotatable bonds is 5. The molecule has 0 spiro atoms. The number of halogens is 3. The summed E-state index contributed by atoms with van der Waals surface area (Å²) in [6.45, 7) is 0. The zero-order chi connectivity index (χ0) is 23.0. The van der Waals surface area contributed by atoms with E-state index in [0.29, 0.717) is 0 Å². The average molecular weight is 490 g/mol. The molecule has 31 heavy (non-hydrogen) atoms. The van der Waals surface area contributed by atoms with Crippen LogP contribution >= 0.6 is 7.92 Å². The van der Waals surface area contributed by atoms with Crippen LogP contribution in [0.3, 0.4) is 0 Å². The lowest BCUT2D eigenvalue weighted by molar-refractivity contribution is -0.137. The molecule has 3 aromatic rings. The van der Waals surface area contributed by atoms with E-state index in [9.17, 15) is 39.1 Å². The average Bonchev–Trinajstić information content (AvgIpc) is 2.67. The Morgan fingerprint density at radius 1 is 0.645 bits per heavy atom. The molecule has 0 atom stereocenters. The smallest absolute Gasteiger partial charge is 0.282 e. The monoisotopic (exact) mass is 490 g/mol. The normalized spacial score (nSPS) is 12.8. The molecule has 0 fully saturated rings. The summed E-state index contributed by atoms with van der Waals surface area (Å²) in [6.07, 6.45) is -4.64. The van der Waals surface area contributed by atoms with Gasteiger partial charge in [0.2, 0.25) is 0 Å². The summed E-state index contributed by atoms with van der Waals surface area (Å²) in [6, 6.07) is 14.4. The van der Waals surface area contributed by atoms with Crippen LogP contribution in [-0.4, -0.2) is 25.9 Å². The largest absolute Gasteiger partial charge is 0.416 e. The predicted molar refractivity (Wildman–Crippen MR) is 110 cm³/mol. The van der Waals surface area contributed by atoms with Gasteiger partial charge in [-0.2, -0.15) is 30.0 Å². The molecule has 0 unspecified atom stereocenters. The highest BCUT2D eigenvalue weighted by molar-refractivity contribution is 7.86. The second-order valence-corrected chi connectivity index (χ2v) is 11.4. The molecule has 0 bridgehead atoms. The molecule has 6 nitrogen and oxygen atoms in total. The van der Waals surface area contributed by atoms with Crippen LogP contribution < -0.4 is 15.9 Å². The Labute approximate surface area is 177 Å². The molecule has 0 heterocycles. The van der Waals surface area contributed by atoms with Crippen LogP contribution in [0.5, 0.6) is 0 Å². The minimum atomic E-state index is -4.64. The fourth-order valence-corrected chi connectivity index (χ4v) is 6.47. The summed E-state index contributed by atoms with van der Waals surface area (Å²) in [4.78, 5) is -0.925. The van der Waals surface area contributed by atoms with Gasteiger partial charge in [-0.15, -0.1) is 0 Å².